The van der Waals surface area contributed by atoms with Crippen molar-refractivity contribution in [1.29, 1.82) is 0 Å². The number of hydrogen-bond acceptors (Lipinski definition) is 4. The predicted molar refractivity (Wildman–Crippen MR) is 142 cm³/mol. The van der Waals surface area contributed by atoms with Crippen LogP contribution >= 0.6 is 7.60 Å². The van der Waals surface area contributed by atoms with E-state index in [0.717, 1.165) is 47.9 Å². The molecule has 33 heavy (non-hydrogen) atoms. The second-order valence-corrected chi connectivity index (χ2v) is 11.9. The maximum absolute atomic E-state index is 13.8. The van der Waals surface area contributed by atoms with Gasteiger partial charge < -0.3 is 14.2 Å². The monoisotopic (exact) mass is 482 g/mol. The lowest BCUT2D eigenvalue weighted by molar-refractivity contribution is 0.196. The number of aromatic hydroxyl groups is 1. The van der Waals surface area contributed by atoms with Crippen LogP contribution in [0.2, 0.25) is 0 Å². The molecule has 4 nitrogen and oxygen atoms in total. The van der Waals surface area contributed by atoms with Crippen molar-refractivity contribution in [3.05, 3.63) is 28.3 Å². The van der Waals surface area contributed by atoms with Gasteiger partial charge in [-0.25, -0.2) is 0 Å². The minimum Gasteiger partial charge on any atom is -0.507 e. The number of rotatable bonds is 19. The van der Waals surface area contributed by atoms with E-state index in [1.54, 1.807) is 0 Å². The van der Waals surface area contributed by atoms with E-state index >= 15 is 0 Å². The number of phenolic OH excluding ortho intramolecular Hbond substituents is 1. The molecule has 0 spiro atoms. The summed E-state index contributed by atoms with van der Waals surface area (Å²) in [5.41, 5.74) is 3.69. The molecule has 0 fully saturated rings. The summed E-state index contributed by atoms with van der Waals surface area (Å²) >= 11 is 0. The maximum Gasteiger partial charge on any atom is 0.335 e. The molecular formula is C28H51O4P. The van der Waals surface area contributed by atoms with Gasteiger partial charge in [0.05, 0.1) is 19.4 Å². The van der Waals surface area contributed by atoms with Crippen LogP contribution in [0.4, 0.5) is 0 Å². The van der Waals surface area contributed by atoms with E-state index in [2.05, 4.69) is 27.7 Å². The van der Waals surface area contributed by atoms with E-state index < -0.39 is 7.60 Å². The first-order valence-electron chi connectivity index (χ1n) is 13.5. The summed E-state index contributed by atoms with van der Waals surface area (Å²) in [6.07, 6.45) is 14.3. The SMILES string of the molecule is CCCCCCCCOP(=O)(Cc1cc(C(C)C)c(O)c(C)c1C)OCCCCCCCC. The van der Waals surface area contributed by atoms with Gasteiger partial charge in [0.25, 0.3) is 0 Å². The first-order chi connectivity index (χ1) is 15.8. The maximum atomic E-state index is 13.8. The first-order valence-corrected chi connectivity index (χ1v) is 15.2. The summed E-state index contributed by atoms with van der Waals surface area (Å²) in [4.78, 5) is 0. The standard InChI is InChI=1S/C28H51O4P/c1-7-9-11-13-15-17-19-31-33(30,32-20-18-16-14-12-10-8-2)22-26-21-27(23(3)4)28(29)25(6)24(26)5/h21,23,29H,7-20,22H2,1-6H3. The smallest absolute Gasteiger partial charge is 0.335 e. The summed E-state index contributed by atoms with van der Waals surface area (Å²) in [7, 11) is -3.26. The van der Waals surface area contributed by atoms with Gasteiger partial charge in [0.2, 0.25) is 0 Å². The van der Waals surface area contributed by atoms with Gasteiger partial charge in [0.15, 0.2) is 0 Å². The average Bonchev–Trinajstić information content (AvgIpc) is 2.78. The van der Waals surface area contributed by atoms with Crippen LogP contribution in [-0.2, 0) is 19.8 Å². The minimum atomic E-state index is -3.26. The zero-order valence-electron chi connectivity index (χ0n) is 22.4. The number of phenols is 1. The Morgan fingerprint density at radius 1 is 0.788 bits per heavy atom. The van der Waals surface area contributed by atoms with Crippen LogP contribution in [0.3, 0.4) is 0 Å². The van der Waals surface area contributed by atoms with E-state index in [-0.39, 0.29) is 12.1 Å². The largest absolute Gasteiger partial charge is 0.507 e. The van der Waals surface area contributed by atoms with Crippen LogP contribution in [0.15, 0.2) is 6.07 Å². The van der Waals surface area contributed by atoms with Crippen LogP contribution < -0.4 is 0 Å². The van der Waals surface area contributed by atoms with Crippen molar-refractivity contribution in [2.45, 2.75) is 131 Å². The second-order valence-electron chi connectivity index (χ2n) is 9.85. The fourth-order valence-corrected chi connectivity index (χ4v) is 5.93. The van der Waals surface area contributed by atoms with Gasteiger partial charge in [-0.1, -0.05) is 98.0 Å². The van der Waals surface area contributed by atoms with Gasteiger partial charge >= 0.3 is 7.60 Å². The van der Waals surface area contributed by atoms with Crippen molar-refractivity contribution in [2.75, 3.05) is 13.2 Å². The van der Waals surface area contributed by atoms with Gasteiger partial charge in [-0.3, -0.25) is 4.57 Å². The zero-order chi connectivity index (χ0) is 24.7. The lowest BCUT2D eigenvalue weighted by Crippen LogP contribution is -2.05. The van der Waals surface area contributed by atoms with Crippen LogP contribution in [0.1, 0.15) is 133 Å². The van der Waals surface area contributed by atoms with E-state index in [0.29, 0.717) is 19.0 Å². The minimum absolute atomic E-state index is 0.190. The third kappa shape index (κ3) is 11.4. The summed E-state index contributed by atoms with van der Waals surface area (Å²) in [5, 5.41) is 10.6. The van der Waals surface area contributed by atoms with Gasteiger partial charge in [-0.2, -0.15) is 0 Å². The Morgan fingerprint density at radius 2 is 1.24 bits per heavy atom. The molecule has 1 rings (SSSR count). The van der Waals surface area contributed by atoms with Gasteiger partial charge in [0.1, 0.15) is 5.75 Å². The van der Waals surface area contributed by atoms with Crippen molar-refractivity contribution in [2.24, 2.45) is 0 Å². The molecule has 5 heteroatoms. The summed E-state index contributed by atoms with van der Waals surface area (Å²) < 4.78 is 25.7. The zero-order valence-corrected chi connectivity index (χ0v) is 23.3. The van der Waals surface area contributed by atoms with Crippen molar-refractivity contribution in [3.63, 3.8) is 0 Å². The molecule has 0 heterocycles. The van der Waals surface area contributed by atoms with E-state index in [4.69, 9.17) is 9.05 Å². The molecule has 0 atom stereocenters. The fourth-order valence-electron chi connectivity index (χ4n) is 4.11. The Hall–Kier alpha value is -0.830. The van der Waals surface area contributed by atoms with Crippen molar-refractivity contribution in [1.82, 2.24) is 0 Å². The second kappa shape index (κ2) is 16.7. The molecule has 0 aliphatic heterocycles. The molecule has 1 aromatic rings. The highest BCUT2D eigenvalue weighted by Crippen LogP contribution is 2.53. The number of hydrogen-bond donors (Lipinski definition) is 1. The molecule has 0 saturated carbocycles. The van der Waals surface area contributed by atoms with E-state index in [1.807, 2.05) is 19.9 Å². The quantitative estimate of drug-likeness (QED) is 0.157. The summed E-state index contributed by atoms with van der Waals surface area (Å²) in [6, 6.07) is 2.00. The highest BCUT2D eigenvalue weighted by Gasteiger charge is 2.27. The molecular weight excluding hydrogens is 431 g/mol. The number of benzene rings is 1. The fraction of sp³-hybridized carbons (Fsp3) is 0.786. The van der Waals surface area contributed by atoms with Crippen molar-refractivity contribution in [3.8, 4) is 5.75 Å². The lowest BCUT2D eigenvalue weighted by atomic mass is 9.93. The third-order valence-electron chi connectivity index (χ3n) is 6.56. The summed E-state index contributed by atoms with van der Waals surface area (Å²) in [5.74, 6) is 0.539. The van der Waals surface area contributed by atoms with Crippen LogP contribution in [0.5, 0.6) is 5.75 Å². The molecule has 0 aliphatic carbocycles. The molecule has 0 unspecified atom stereocenters. The molecule has 0 aliphatic rings. The Morgan fingerprint density at radius 3 is 1.70 bits per heavy atom. The Labute approximate surface area is 204 Å². The first kappa shape index (κ1) is 30.2. The molecule has 1 aromatic carbocycles. The normalized spacial score (nSPS) is 12.1. The third-order valence-corrected chi connectivity index (χ3v) is 8.44. The molecule has 0 saturated heterocycles. The van der Waals surface area contributed by atoms with Crippen LogP contribution in [0, 0.1) is 13.8 Å². The Kier molecular flexibility index (Phi) is 15.3. The highest BCUT2D eigenvalue weighted by molar-refractivity contribution is 7.53. The molecule has 0 amide bonds. The average molecular weight is 483 g/mol. The van der Waals surface area contributed by atoms with Gasteiger partial charge in [0, 0.05) is 0 Å². The summed E-state index contributed by atoms with van der Waals surface area (Å²) in [6.45, 7) is 13.4. The van der Waals surface area contributed by atoms with E-state index in [9.17, 15) is 9.67 Å². The molecule has 1 N–H and O–H groups in total. The Balaban J connectivity index is 2.81. The van der Waals surface area contributed by atoms with Gasteiger partial charge in [-0.05, 0) is 54.9 Å². The molecule has 0 aromatic heterocycles. The molecule has 0 bridgehead atoms. The van der Waals surface area contributed by atoms with Crippen molar-refractivity contribution >= 4 is 7.60 Å². The lowest BCUT2D eigenvalue weighted by Gasteiger charge is -2.22. The van der Waals surface area contributed by atoms with E-state index in [1.165, 1.54) is 51.4 Å². The molecule has 0 radical (unpaired) electrons. The highest BCUT2D eigenvalue weighted by atomic mass is 31.2. The predicted octanol–water partition coefficient (Wildman–Crippen LogP) is 9.58. The molecule has 192 valence electrons. The topological polar surface area (TPSA) is 55.8 Å². The Bertz CT molecular complexity index is 692. The van der Waals surface area contributed by atoms with Crippen molar-refractivity contribution < 1.29 is 18.7 Å². The number of unbranched alkanes of at least 4 members (excludes halogenated alkanes) is 10. The van der Waals surface area contributed by atoms with Crippen LogP contribution in [-0.4, -0.2) is 18.3 Å². The van der Waals surface area contributed by atoms with Gasteiger partial charge in [-0.15, -0.1) is 0 Å². The van der Waals surface area contributed by atoms with Crippen LogP contribution in [0.25, 0.3) is 0 Å².